The Bertz CT molecular complexity index is 1070. The van der Waals surface area contributed by atoms with Crippen LogP contribution >= 0.6 is 0 Å². The maximum absolute atomic E-state index is 13.1. The molecule has 0 radical (unpaired) electrons. The lowest BCUT2D eigenvalue weighted by atomic mass is 9.80. The van der Waals surface area contributed by atoms with Crippen molar-refractivity contribution in [2.75, 3.05) is 13.7 Å². The number of esters is 2. The number of hydrogen-bond donors (Lipinski definition) is 5. The number of methoxy groups -OCH3 is 1. The van der Waals surface area contributed by atoms with E-state index >= 15 is 0 Å². The molecule has 0 fully saturated rings. The van der Waals surface area contributed by atoms with Crippen LogP contribution in [-0.2, 0) is 23.9 Å². The third-order valence-corrected chi connectivity index (χ3v) is 5.42. The van der Waals surface area contributed by atoms with Crippen LogP contribution < -0.4 is 5.32 Å². The summed E-state index contributed by atoms with van der Waals surface area (Å²) in [6, 6.07) is 5.31. The minimum Gasteiger partial charge on any atom is -0.466 e. The number of nitro benzene ring substituents is 1. The van der Waals surface area contributed by atoms with Crippen molar-refractivity contribution in [1.82, 2.24) is 5.32 Å². The first kappa shape index (κ1) is 27.6. The lowest BCUT2D eigenvalue weighted by Gasteiger charge is -2.30. The Labute approximate surface area is 199 Å². The number of nitrogens with one attached hydrogen (secondary N) is 1. The van der Waals surface area contributed by atoms with Crippen molar-refractivity contribution in [3.05, 3.63) is 62.5 Å². The first-order valence-electron chi connectivity index (χ1n) is 10.3. The molecule has 0 aliphatic carbocycles. The van der Waals surface area contributed by atoms with E-state index < -0.39 is 53.8 Å². The van der Waals surface area contributed by atoms with Gasteiger partial charge in [-0.1, -0.05) is 12.1 Å². The van der Waals surface area contributed by atoms with E-state index in [0.29, 0.717) is 5.70 Å². The van der Waals surface area contributed by atoms with Crippen molar-refractivity contribution in [2.24, 2.45) is 0 Å². The molecule has 13 heteroatoms. The SMILES string of the molecule is COC(=O)C1=C(C)NC(C)=C(C(=O)OC[C@@H](O)[C@@H](O)[C@H](O)[C@@H](O)C=O)C1c1cccc([N+](=O)[O-])c1. The summed E-state index contributed by atoms with van der Waals surface area (Å²) in [5.41, 5.74) is 0.403. The van der Waals surface area contributed by atoms with E-state index in [4.69, 9.17) is 9.47 Å². The highest BCUT2D eigenvalue weighted by Gasteiger charge is 2.39. The number of aldehydes is 1. The van der Waals surface area contributed by atoms with Crippen LogP contribution in [0.5, 0.6) is 0 Å². The number of dihydropyridines is 1. The minimum atomic E-state index is -2.03. The van der Waals surface area contributed by atoms with Gasteiger partial charge in [-0.3, -0.25) is 10.1 Å². The van der Waals surface area contributed by atoms with Gasteiger partial charge in [0, 0.05) is 23.5 Å². The van der Waals surface area contributed by atoms with Gasteiger partial charge in [0.1, 0.15) is 31.0 Å². The van der Waals surface area contributed by atoms with Gasteiger partial charge < -0.3 is 40.0 Å². The third-order valence-electron chi connectivity index (χ3n) is 5.42. The molecule has 0 aromatic heterocycles. The van der Waals surface area contributed by atoms with E-state index in [2.05, 4.69) is 5.32 Å². The molecule has 13 nitrogen and oxygen atoms in total. The molecule has 2 rings (SSSR count). The number of carbonyl (C=O) groups excluding carboxylic acids is 3. The van der Waals surface area contributed by atoms with Gasteiger partial charge in [-0.05, 0) is 19.4 Å². The molecule has 35 heavy (non-hydrogen) atoms. The summed E-state index contributed by atoms with van der Waals surface area (Å²) in [4.78, 5) is 46.9. The summed E-state index contributed by atoms with van der Waals surface area (Å²) in [5, 5.41) is 53.1. The largest absolute Gasteiger partial charge is 0.466 e. The van der Waals surface area contributed by atoms with Crippen LogP contribution in [0.15, 0.2) is 46.8 Å². The number of nitrogens with zero attached hydrogens (tertiary/aromatic N) is 1. The first-order valence-corrected chi connectivity index (χ1v) is 10.3. The van der Waals surface area contributed by atoms with Gasteiger partial charge in [0.25, 0.3) is 5.69 Å². The van der Waals surface area contributed by atoms with Gasteiger partial charge in [-0.25, -0.2) is 9.59 Å². The average Bonchev–Trinajstić information content (AvgIpc) is 2.84. The highest BCUT2D eigenvalue weighted by molar-refractivity contribution is 5.99. The number of benzene rings is 1. The molecule has 1 aliphatic heterocycles. The topological polar surface area (TPSA) is 206 Å². The van der Waals surface area contributed by atoms with Crippen LogP contribution in [0.2, 0.25) is 0 Å². The monoisotopic (exact) mass is 494 g/mol. The minimum absolute atomic E-state index is 0.00402. The fourth-order valence-corrected chi connectivity index (χ4v) is 3.64. The van der Waals surface area contributed by atoms with Crippen molar-refractivity contribution < 1.29 is 49.2 Å². The zero-order chi connectivity index (χ0) is 26.4. The predicted molar refractivity (Wildman–Crippen MR) is 117 cm³/mol. The zero-order valence-electron chi connectivity index (χ0n) is 19.1. The highest BCUT2D eigenvalue weighted by atomic mass is 16.6. The van der Waals surface area contributed by atoms with E-state index in [1.54, 1.807) is 6.92 Å². The Morgan fingerprint density at radius 2 is 1.71 bits per heavy atom. The normalized spacial score (nSPS) is 19.2. The van der Waals surface area contributed by atoms with Crippen LogP contribution in [0, 0.1) is 10.1 Å². The first-order chi connectivity index (χ1) is 16.4. The molecule has 190 valence electrons. The zero-order valence-corrected chi connectivity index (χ0v) is 19.1. The molecule has 0 amide bonds. The number of allylic oxidation sites excluding steroid dienone is 2. The lowest BCUT2D eigenvalue weighted by Crippen LogP contribution is -2.47. The number of aliphatic hydroxyl groups is 4. The number of nitro groups is 1. The summed E-state index contributed by atoms with van der Waals surface area (Å²) in [6.45, 7) is 2.22. The van der Waals surface area contributed by atoms with E-state index in [1.165, 1.54) is 31.2 Å². The number of aliphatic hydroxyl groups excluding tert-OH is 4. The molecule has 1 heterocycles. The quantitative estimate of drug-likeness (QED) is 0.117. The molecule has 0 saturated carbocycles. The van der Waals surface area contributed by atoms with Crippen molar-refractivity contribution in [2.45, 2.75) is 44.2 Å². The maximum Gasteiger partial charge on any atom is 0.336 e. The molecular formula is C22H26N2O11. The van der Waals surface area contributed by atoms with Gasteiger partial charge in [-0.2, -0.15) is 0 Å². The summed E-state index contributed by atoms with van der Waals surface area (Å²) in [5.74, 6) is -2.98. The molecule has 5 atom stereocenters. The molecular weight excluding hydrogens is 468 g/mol. The van der Waals surface area contributed by atoms with Crippen molar-refractivity contribution in [1.29, 1.82) is 0 Å². The summed E-state index contributed by atoms with van der Waals surface area (Å²) >= 11 is 0. The van der Waals surface area contributed by atoms with Crippen LogP contribution in [0.4, 0.5) is 5.69 Å². The van der Waals surface area contributed by atoms with Crippen molar-refractivity contribution in [3.63, 3.8) is 0 Å². The average molecular weight is 494 g/mol. The summed E-state index contributed by atoms with van der Waals surface area (Å²) in [6.07, 6.45) is -7.96. The second-order valence-corrected chi connectivity index (χ2v) is 7.75. The van der Waals surface area contributed by atoms with E-state index in [1.807, 2.05) is 0 Å². The molecule has 5 N–H and O–H groups in total. The third kappa shape index (κ3) is 6.08. The molecule has 1 aromatic carbocycles. The highest BCUT2D eigenvalue weighted by Crippen LogP contribution is 2.40. The van der Waals surface area contributed by atoms with Crippen LogP contribution in [0.3, 0.4) is 0 Å². The number of ether oxygens (including phenoxy) is 2. The Hall–Kier alpha value is -3.65. The van der Waals surface area contributed by atoms with Crippen molar-refractivity contribution in [3.8, 4) is 0 Å². The predicted octanol–water partition coefficient (Wildman–Crippen LogP) is -0.812. The molecule has 0 bridgehead atoms. The van der Waals surface area contributed by atoms with Gasteiger partial charge in [0.05, 0.1) is 29.1 Å². The second kappa shape index (κ2) is 11.7. The van der Waals surface area contributed by atoms with Crippen molar-refractivity contribution >= 4 is 23.9 Å². The Morgan fingerprint density at radius 1 is 1.11 bits per heavy atom. The molecule has 1 aromatic rings. The standard InChI is InChI=1S/C22H26N2O11/c1-10-16(21(30)34-3)18(12-5-4-6-13(7-12)24(32)33)17(11(2)23-10)22(31)35-9-15(27)20(29)19(28)14(26)8-25/h4-8,14-15,18-20,23,26-29H,9H2,1-3H3/t14-,15+,18?,19+,20+/m0/s1. The van der Waals surface area contributed by atoms with Crippen LogP contribution in [0.25, 0.3) is 0 Å². The molecule has 1 aliphatic rings. The number of carbonyl (C=O) groups is 3. The maximum atomic E-state index is 13.1. The fourth-order valence-electron chi connectivity index (χ4n) is 3.64. The second-order valence-electron chi connectivity index (χ2n) is 7.75. The Balaban J connectivity index is 2.42. The molecule has 1 unspecified atom stereocenters. The Morgan fingerprint density at radius 3 is 2.26 bits per heavy atom. The number of non-ortho nitro benzene ring substituents is 1. The number of hydrogen-bond acceptors (Lipinski definition) is 12. The van der Waals surface area contributed by atoms with Crippen LogP contribution in [-0.4, -0.2) is 81.7 Å². The van der Waals surface area contributed by atoms with E-state index in [9.17, 15) is 44.9 Å². The van der Waals surface area contributed by atoms with E-state index in [0.717, 1.165) is 7.11 Å². The molecule has 0 spiro atoms. The lowest BCUT2D eigenvalue weighted by molar-refractivity contribution is -0.384. The Kier molecular flexibility index (Phi) is 9.19. The number of rotatable bonds is 10. The van der Waals surface area contributed by atoms with Gasteiger partial charge in [0.2, 0.25) is 0 Å². The fraction of sp³-hybridized carbons (Fsp3) is 0.409. The van der Waals surface area contributed by atoms with Gasteiger partial charge in [-0.15, -0.1) is 0 Å². The van der Waals surface area contributed by atoms with Crippen LogP contribution in [0.1, 0.15) is 25.3 Å². The smallest absolute Gasteiger partial charge is 0.336 e. The van der Waals surface area contributed by atoms with Gasteiger partial charge in [0.15, 0.2) is 6.29 Å². The molecule has 0 saturated heterocycles. The summed E-state index contributed by atoms with van der Waals surface area (Å²) in [7, 11) is 1.13. The summed E-state index contributed by atoms with van der Waals surface area (Å²) < 4.78 is 9.93. The van der Waals surface area contributed by atoms with E-state index in [-0.39, 0.29) is 34.4 Å². The van der Waals surface area contributed by atoms with Gasteiger partial charge >= 0.3 is 11.9 Å².